The van der Waals surface area contributed by atoms with Crippen molar-refractivity contribution in [3.05, 3.63) is 64.1 Å². The average Bonchev–Trinajstić information content (AvgIpc) is 2.92. The molecule has 1 amide bonds. The SMILES string of the molecule is CN=C(c1cc(Cl)c(-c2c(O)cccc2F)nc1N(C=O)c1nccc2c1CCCC2)N1CCN(C)CC1C. The number of fused-ring (bicyclic) bond motifs is 1. The summed E-state index contributed by atoms with van der Waals surface area (Å²) in [6.07, 6.45) is 6.15. The van der Waals surface area contributed by atoms with Crippen LogP contribution < -0.4 is 4.90 Å². The molecule has 10 heteroatoms. The molecule has 2 aliphatic rings. The average molecular weight is 551 g/mol. The van der Waals surface area contributed by atoms with E-state index in [2.05, 4.69) is 33.7 Å². The molecular formula is C29H32ClFN6O2. The van der Waals surface area contributed by atoms with Crippen LogP contribution in [0, 0.1) is 5.82 Å². The number of nitrogens with zero attached hydrogens (tertiary/aromatic N) is 6. The van der Waals surface area contributed by atoms with Crippen molar-refractivity contribution in [2.24, 2.45) is 4.99 Å². The second-order valence-electron chi connectivity index (χ2n) is 10.1. The molecule has 3 heterocycles. The third-order valence-corrected chi connectivity index (χ3v) is 7.84. The van der Waals surface area contributed by atoms with Crippen LogP contribution in [0.2, 0.25) is 5.02 Å². The Morgan fingerprint density at radius 1 is 1.23 bits per heavy atom. The predicted octanol–water partition coefficient (Wildman–Crippen LogP) is 4.83. The van der Waals surface area contributed by atoms with Gasteiger partial charge in [-0.15, -0.1) is 0 Å². The van der Waals surface area contributed by atoms with Crippen molar-refractivity contribution in [1.29, 1.82) is 0 Å². The molecule has 0 radical (unpaired) electrons. The van der Waals surface area contributed by atoms with E-state index in [1.165, 1.54) is 23.1 Å². The zero-order chi connectivity index (χ0) is 27.7. The first kappa shape index (κ1) is 27.0. The summed E-state index contributed by atoms with van der Waals surface area (Å²) in [4.78, 5) is 32.7. The Morgan fingerprint density at radius 2 is 2.03 bits per heavy atom. The van der Waals surface area contributed by atoms with Crippen LogP contribution in [0.1, 0.15) is 36.5 Å². The van der Waals surface area contributed by atoms with Gasteiger partial charge < -0.3 is 14.9 Å². The summed E-state index contributed by atoms with van der Waals surface area (Å²) in [7, 11) is 3.77. The minimum atomic E-state index is -0.673. The normalized spacial score (nSPS) is 18.1. The molecule has 0 bridgehead atoms. The number of phenolic OH excluding ortho intramolecular Hbond substituents is 1. The van der Waals surface area contributed by atoms with Crippen LogP contribution in [0.25, 0.3) is 11.3 Å². The van der Waals surface area contributed by atoms with Gasteiger partial charge in [-0.25, -0.2) is 19.3 Å². The molecule has 0 spiro atoms. The number of aromatic hydroxyl groups is 1. The van der Waals surface area contributed by atoms with E-state index in [9.17, 15) is 14.3 Å². The van der Waals surface area contributed by atoms with Gasteiger partial charge in [0.25, 0.3) is 0 Å². The van der Waals surface area contributed by atoms with Crippen LogP contribution in [0.4, 0.5) is 16.0 Å². The van der Waals surface area contributed by atoms with E-state index in [4.69, 9.17) is 16.6 Å². The first-order valence-corrected chi connectivity index (χ1v) is 13.5. The number of rotatable bonds is 5. The summed E-state index contributed by atoms with van der Waals surface area (Å²) in [6.45, 7) is 4.51. The standard InChI is InChI=1S/C29H32ClFN6O2/c1-18-16-35(3)13-14-36(18)27(32-2)21-15-22(30)26(25-23(31)9-6-10-24(25)39)34-29(21)37(17-38)28-20-8-5-4-7-19(20)11-12-33-28/h6,9-12,15,17-18,39H,4-5,7-8,13-14,16H2,1-3H3. The van der Waals surface area contributed by atoms with Crippen molar-refractivity contribution in [2.45, 2.75) is 38.6 Å². The Kier molecular flexibility index (Phi) is 7.81. The van der Waals surface area contributed by atoms with Crippen molar-refractivity contribution in [3.8, 4) is 17.0 Å². The maximum absolute atomic E-state index is 15.0. The number of pyridine rings is 2. The zero-order valence-electron chi connectivity index (χ0n) is 22.4. The molecule has 3 aromatic rings. The number of amidine groups is 1. The topological polar surface area (TPSA) is 85.2 Å². The van der Waals surface area contributed by atoms with Crippen molar-refractivity contribution in [2.75, 3.05) is 38.6 Å². The van der Waals surface area contributed by atoms with Gasteiger partial charge in [-0.2, -0.15) is 0 Å². The van der Waals surface area contributed by atoms with E-state index in [0.29, 0.717) is 23.6 Å². The Hall–Kier alpha value is -3.56. The van der Waals surface area contributed by atoms with Gasteiger partial charge in [0.05, 0.1) is 21.8 Å². The Labute approximate surface area is 232 Å². The number of halogens is 2. The molecule has 2 aromatic heterocycles. The fraction of sp³-hybridized carbons (Fsp3) is 0.379. The molecule has 204 valence electrons. The number of aliphatic imine (C=N–C) groups is 1. The predicted molar refractivity (Wildman–Crippen MR) is 152 cm³/mol. The molecule has 1 atom stereocenters. The number of phenols is 1. The van der Waals surface area contributed by atoms with Crippen molar-refractivity contribution in [3.63, 3.8) is 0 Å². The maximum Gasteiger partial charge on any atom is 0.221 e. The van der Waals surface area contributed by atoms with E-state index in [1.807, 2.05) is 6.07 Å². The van der Waals surface area contributed by atoms with E-state index in [1.54, 1.807) is 19.3 Å². The van der Waals surface area contributed by atoms with Gasteiger partial charge >= 0.3 is 0 Å². The molecule has 1 aliphatic carbocycles. The molecule has 1 fully saturated rings. The fourth-order valence-electron chi connectivity index (χ4n) is 5.66. The van der Waals surface area contributed by atoms with E-state index < -0.39 is 5.82 Å². The third kappa shape index (κ3) is 5.08. The number of likely N-dealkylation sites (N-methyl/N-ethyl adjacent to an activating group) is 1. The largest absolute Gasteiger partial charge is 0.507 e. The Morgan fingerprint density at radius 3 is 2.74 bits per heavy atom. The summed E-state index contributed by atoms with van der Waals surface area (Å²) < 4.78 is 15.0. The smallest absolute Gasteiger partial charge is 0.221 e. The van der Waals surface area contributed by atoms with Crippen molar-refractivity contribution >= 4 is 35.5 Å². The fourth-order valence-corrected chi connectivity index (χ4v) is 5.91. The highest BCUT2D eigenvalue weighted by atomic mass is 35.5. The first-order valence-electron chi connectivity index (χ1n) is 13.2. The summed E-state index contributed by atoms with van der Waals surface area (Å²) in [5.74, 6) is 0.371. The number of hydrogen-bond donors (Lipinski definition) is 1. The second-order valence-corrected chi connectivity index (χ2v) is 10.5. The van der Waals surface area contributed by atoms with E-state index in [-0.39, 0.29) is 33.9 Å². The molecule has 1 aromatic carbocycles. The van der Waals surface area contributed by atoms with Crippen LogP contribution in [-0.4, -0.2) is 76.9 Å². The summed E-state index contributed by atoms with van der Waals surface area (Å²) in [6, 6.07) is 7.80. The summed E-state index contributed by atoms with van der Waals surface area (Å²) in [5.41, 5.74) is 2.58. The third-order valence-electron chi connectivity index (χ3n) is 7.55. The second kappa shape index (κ2) is 11.3. The molecule has 1 N–H and O–H groups in total. The summed E-state index contributed by atoms with van der Waals surface area (Å²) >= 11 is 6.74. The van der Waals surface area contributed by atoms with E-state index in [0.717, 1.165) is 56.4 Å². The highest BCUT2D eigenvalue weighted by molar-refractivity contribution is 6.33. The number of carbonyl (C=O) groups excluding carboxylic acids is 1. The molecule has 8 nitrogen and oxygen atoms in total. The number of aromatic nitrogens is 2. The minimum absolute atomic E-state index is 0.0320. The number of hydrogen-bond acceptors (Lipinski definition) is 6. The van der Waals surface area contributed by atoms with E-state index >= 15 is 0 Å². The lowest BCUT2D eigenvalue weighted by atomic mass is 9.92. The molecule has 0 saturated carbocycles. The van der Waals surface area contributed by atoms with Gasteiger partial charge in [-0.05, 0) is 75.0 Å². The zero-order valence-corrected chi connectivity index (χ0v) is 23.1. The summed E-state index contributed by atoms with van der Waals surface area (Å²) in [5, 5.41) is 10.7. The van der Waals surface area contributed by atoms with Gasteiger partial charge in [-0.1, -0.05) is 17.7 Å². The number of amides is 1. The van der Waals surface area contributed by atoms with Gasteiger partial charge in [0.1, 0.15) is 23.2 Å². The van der Waals surface area contributed by atoms with Gasteiger partial charge in [0, 0.05) is 38.9 Å². The van der Waals surface area contributed by atoms with Gasteiger partial charge in [0.2, 0.25) is 6.41 Å². The maximum atomic E-state index is 15.0. The molecule has 1 saturated heterocycles. The van der Waals surface area contributed by atoms with Gasteiger partial charge in [0.15, 0.2) is 5.82 Å². The number of aryl methyl sites for hydroxylation is 1. The first-order chi connectivity index (χ1) is 18.8. The molecule has 39 heavy (non-hydrogen) atoms. The quantitative estimate of drug-likeness (QED) is 0.278. The number of carbonyl (C=O) groups is 1. The van der Waals surface area contributed by atoms with Crippen LogP contribution in [0.15, 0.2) is 41.5 Å². The number of benzene rings is 1. The lowest BCUT2D eigenvalue weighted by molar-refractivity contribution is -0.106. The van der Waals surface area contributed by atoms with Gasteiger partial charge in [-0.3, -0.25) is 9.79 Å². The number of anilines is 2. The lowest BCUT2D eigenvalue weighted by Crippen LogP contribution is -2.53. The molecule has 1 aliphatic heterocycles. The Balaban J connectivity index is 1.75. The molecule has 1 unspecified atom stereocenters. The van der Waals surface area contributed by atoms with Crippen LogP contribution in [0.5, 0.6) is 5.75 Å². The minimum Gasteiger partial charge on any atom is -0.507 e. The van der Waals surface area contributed by atoms with Crippen molar-refractivity contribution < 1.29 is 14.3 Å². The highest BCUT2D eigenvalue weighted by Gasteiger charge is 2.31. The highest BCUT2D eigenvalue weighted by Crippen LogP contribution is 2.40. The molecule has 5 rings (SSSR count). The Bertz CT molecular complexity index is 1410. The van der Waals surface area contributed by atoms with Crippen LogP contribution >= 0.6 is 11.6 Å². The van der Waals surface area contributed by atoms with Crippen LogP contribution in [-0.2, 0) is 17.6 Å². The van der Waals surface area contributed by atoms with Crippen molar-refractivity contribution in [1.82, 2.24) is 19.8 Å². The number of piperazine rings is 1. The lowest BCUT2D eigenvalue weighted by Gasteiger charge is -2.40. The monoisotopic (exact) mass is 550 g/mol. The van der Waals surface area contributed by atoms with Crippen LogP contribution in [0.3, 0.4) is 0 Å². The molecular weight excluding hydrogens is 519 g/mol.